The lowest BCUT2D eigenvalue weighted by Gasteiger charge is -2.26. The zero-order valence-electron chi connectivity index (χ0n) is 10.0. The van der Waals surface area contributed by atoms with Gasteiger partial charge < -0.3 is 4.90 Å². The first-order valence-corrected chi connectivity index (χ1v) is 6.37. The molecule has 0 saturated carbocycles. The molecule has 0 radical (unpaired) electrons. The highest BCUT2D eigenvalue weighted by Gasteiger charge is 2.11. The van der Waals surface area contributed by atoms with Crippen LogP contribution in [0.5, 0.6) is 0 Å². The van der Waals surface area contributed by atoms with Crippen molar-refractivity contribution >= 4 is 27.9 Å². The van der Waals surface area contributed by atoms with Crippen LogP contribution in [0, 0.1) is 5.92 Å². The molecule has 0 N–H and O–H groups in total. The lowest BCUT2D eigenvalue weighted by Crippen LogP contribution is -2.28. The standard InChI is InChI=1S/C13H18BrNO/c1-4-15(8-10(2)3)13-7-12(14)6-5-11(13)9-16/h5-7,9-10H,4,8H2,1-3H3. The third-order valence-corrected chi connectivity index (χ3v) is 2.92. The van der Waals surface area contributed by atoms with Gasteiger partial charge in [-0.2, -0.15) is 0 Å². The number of benzene rings is 1. The quantitative estimate of drug-likeness (QED) is 0.768. The fourth-order valence-corrected chi connectivity index (χ4v) is 2.08. The maximum Gasteiger partial charge on any atom is 0.152 e. The molecule has 0 spiro atoms. The van der Waals surface area contributed by atoms with Crippen LogP contribution in [0.1, 0.15) is 31.1 Å². The Hall–Kier alpha value is -0.830. The third kappa shape index (κ3) is 3.34. The molecule has 88 valence electrons. The number of anilines is 1. The van der Waals surface area contributed by atoms with Crippen LogP contribution >= 0.6 is 15.9 Å². The lowest BCUT2D eigenvalue weighted by molar-refractivity contribution is 0.112. The molecule has 1 rings (SSSR count). The summed E-state index contributed by atoms with van der Waals surface area (Å²) in [5.74, 6) is 0.582. The maximum atomic E-state index is 11.0. The van der Waals surface area contributed by atoms with Gasteiger partial charge in [0, 0.05) is 28.8 Å². The second-order valence-electron chi connectivity index (χ2n) is 4.25. The van der Waals surface area contributed by atoms with Crippen LogP contribution < -0.4 is 4.90 Å². The predicted molar refractivity (Wildman–Crippen MR) is 72.3 cm³/mol. The molecular formula is C13H18BrNO. The highest BCUT2D eigenvalue weighted by Crippen LogP contribution is 2.24. The highest BCUT2D eigenvalue weighted by atomic mass is 79.9. The number of hydrogen-bond donors (Lipinski definition) is 0. The first-order valence-electron chi connectivity index (χ1n) is 5.58. The van der Waals surface area contributed by atoms with E-state index in [-0.39, 0.29) is 0 Å². The number of hydrogen-bond acceptors (Lipinski definition) is 2. The van der Waals surface area contributed by atoms with Crippen LogP contribution in [0.3, 0.4) is 0 Å². The molecule has 0 aliphatic rings. The predicted octanol–water partition coefficient (Wildman–Crippen LogP) is 3.74. The molecule has 2 nitrogen and oxygen atoms in total. The monoisotopic (exact) mass is 283 g/mol. The minimum atomic E-state index is 0.582. The van der Waals surface area contributed by atoms with Crippen molar-refractivity contribution in [2.45, 2.75) is 20.8 Å². The van der Waals surface area contributed by atoms with Crippen molar-refractivity contribution in [3.8, 4) is 0 Å². The molecule has 0 aromatic heterocycles. The summed E-state index contributed by atoms with van der Waals surface area (Å²) < 4.78 is 1.01. The molecular weight excluding hydrogens is 266 g/mol. The van der Waals surface area contributed by atoms with E-state index in [0.29, 0.717) is 5.92 Å². The Labute approximate surface area is 106 Å². The fourth-order valence-electron chi connectivity index (χ4n) is 1.73. The molecule has 16 heavy (non-hydrogen) atoms. The van der Waals surface area contributed by atoms with E-state index in [1.54, 1.807) is 0 Å². The van der Waals surface area contributed by atoms with Crippen molar-refractivity contribution in [3.63, 3.8) is 0 Å². The second kappa shape index (κ2) is 6.04. The van der Waals surface area contributed by atoms with E-state index >= 15 is 0 Å². The van der Waals surface area contributed by atoms with E-state index in [9.17, 15) is 4.79 Å². The molecule has 0 atom stereocenters. The lowest BCUT2D eigenvalue weighted by atomic mass is 10.1. The van der Waals surface area contributed by atoms with Gasteiger partial charge in [-0.05, 0) is 31.0 Å². The van der Waals surface area contributed by atoms with E-state index in [0.717, 1.165) is 35.1 Å². The number of carbonyl (C=O) groups is 1. The van der Waals surface area contributed by atoms with Gasteiger partial charge in [-0.25, -0.2) is 0 Å². The van der Waals surface area contributed by atoms with E-state index in [1.165, 1.54) is 0 Å². The van der Waals surface area contributed by atoms with Gasteiger partial charge in [0.1, 0.15) is 0 Å². The van der Waals surface area contributed by atoms with Gasteiger partial charge in [0.25, 0.3) is 0 Å². The minimum absolute atomic E-state index is 0.582. The van der Waals surface area contributed by atoms with Crippen molar-refractivity contribution in [2.24, 2.45) is 5.92 Å². The van der Waals surface area contributed by atoms with Crippen LogP contribution in [-0.2, 0) is 0 Å². The molecule has 0 amide bonds. The van der Waals surface area contributed by atoms with E-state index in [2.05, 4.69) is 41.6 Å². The number of rotatable bonds is 5. The van der Waals surface area contributed by atoms with Gasteiger partial charge in [-0.3, -0.25) is 4.79 Å². The summed E-state index contributed by atoms with van der Waals surface area (Å²) in [5.41, 5.74) is 1.77. The summed E-state index contributed by atoms with van der Waals surface area (Å²) in [5, 5.41) is 0. The molecule has 0 saturated heterocycles. The Morgan fingerprint density at radius 1 is 1.44 bits per heavy atom. The molecule has 0 bridgehead atoms. The van der Waals surface area contributed by atoms with Crippen LogP contribution in [0.4, 0.5) is 5.69 Å². The number of aldehydes is 1. The molecule has 1 aromatic carbocycles. The second-order valence-corrected chi connectivity index (χ2v) is 5.17. The molecule has 3 heteroatoms. The first kappa shape index (κ1) is 13.2. The van der Waals surface area contributed by atoms with Gasteiger partial charge in [-0.15, -0.1) is 0 Å². The average Bonchev–Trinajstić information content (AvgIpc) is 2.25. The molecule has 0 fully saturated rings. The Kier molecular flexibility index (Phi) is 5.00. The summed E-state index contributed by atoms with van der Waals surface area (Å²) in [7, 11) is 0. The van der Waals surface area contributed by atoms with Crippen molar-refractivity contribution in [2.75, 3.05) is 18.0 Å². The Balaban J connectivity index is 3.06. The molecule has 0 aliphatic heterocycles. The van der Waals surface area contributed by atoms with Crippen LogP contribution in [0.25, 0.3) is 0 Å². The topological polar surface area (TPSA) is 20.3 Å². The summed E-state index contributed by atoms with van der Waals surface area (Å²) in [6.07, 6.45) is 0.921. The van der Waals surface area contributed by atoms with Gasteiger partial charge in [-0.1, -0.05) is 29.8 Å². The van der Waals surface area contributed by atoms with Crippen LogP contribution in [0.15, 0.2) is 22.7 Å². The van der Waals surface area contributed by atoms with Gasteiger partial charge in [0.05, 0.1) is 0 Å². The minimum Gasteiger partial charge on any atom is -0.371 e. The number of nitrogens with zero attached hydrogens (tertiary/aromatic N) is 1. The van der Waals surface area contributed by atoms with Gasteiger partial charge >= 0.3 is 0 Å². The zero-order chi connectivity index (χ0) is 12.1. The molecule has 1 aromatic rings. The van der Waals surface area contributed by atoms with Gasteiger partial charge in [0.15, 0.2) is 6.29 Å². The van der Waals surface area contributed by atoms with Crippen molar-refractivity contribution in [1.82, 2.24) is 0 Å². The maximum absolute atomic E-state index is 11.0. The summed E-state index contributed by atoms with van der Waals surface area (Å²) in [6, 6.07) is 5.77. The van der Waals surface area contributed by atoms with Crippen molar-refractivity contribution < 1.29 is 4.79 Å². The Bertz CT molecular complexity index is 363. The normalized spacial score (nSPS) is 10.6. The number of halogens is 1. The van der Waals surface area contributed by atoms with Gasteiger partial charge in [0.2, 0.25) is 0 Å². The SMILES string of the molecule is CCN(CC(C)C)c1cc(Br)ccc1C=O. The first-order chi connectivity index (χ1) is 7.58. The van der Waals surface area contributed by atoms with E-state index < -0.39 is 0 Å². The Morgan fingerprint density at radius 3 is 2.62 bits per heavy atom. The van der Waals surface area contributed by atoms with Crippen LogP contribution in [-0.4, -0.2) is 19.4 Å². The van der Waals surface area contributed by atoms with Crippen molar-refractivity contribution in [3.05, 3.63) is 28.2 Å². The zero-order valence-corrected chi connectivity index (χ0v) is 11.6. The van der Waals surface area contributed by atoms with E-state index in [1.807, 2.05) is 18.2 Å². The molecule has 0 aliphatic carbocycles. The average molecular weight is 284 g/mol. The summed E-state index contributed by atoms with van der Waals surface area (Å²) in [4.78, 5) is 13.2. The Morgan fingerprint density at radius 2 is 2.12 bits per heavy atom. The smallest absolute Gasteiger partial charge is 0.152 e. The third-order valence-electron chi connectivity index (χ3n) is 2.43. The number of carbonyl (C=O) groups excluding carboxylic acids is 1. The summed E-state index contributed by atoms with van der Waals surface area (Å²) >= 11 is 3.45. The molecule has 0 heterocycles. The van der Waals surface area contributed by atoms with E-state index in [4.69, 9.17) is 0 Å². The van der Waals surface area contributed by atoms with Crippen molar-refractivity contribution in [1.29, 1.82) is 0 Å². The fraction of sp³-hybridized carbons (Fsp3) is 0.462. The molecule has 0 unspecified atom stereocenters. The van der Waals surface area contributed by atoms with Crippen LogP contribution in [0.2, 0.25) is 0 Å². The summed E-state index contributed by atoms with van der Waals surface area (Å²) in [6.45, 7) is 8.35. The highest BCUT2D eigenvalue weighted by molar-refractivity contribution is 9.10. The largest absolute Gasteiger partial charge is 0.371 e.